The van der Waals surface area contributed by atoms with Gasteiger partial charge >= 0.3 is 6.09 Å². The summed E-state index contributed by atoms with van der Waals surface area (Å²) in [6, 6.07) is 10.8. The van der Waals surface area contributed by atoms with Gasteiger partial charge in [0.05, 0.1) is 12.3 Å². The van der Waals surface area contributed by atoms with Crippen molar-refractivity contribution in [3.8, 4) is 0 Å². The zero-order valence-electron chi connectivity index (χ0n) is 16.4. The number of hydrogen-bond donors (Lipinski definition) is 1. The van der Waals surface area contributed by atoms with E-state index in [0.717, 1.165) is 51.1 Å². The standard InChI is InChI=1S/C22H28N4O2/c1-2-28-22(27)25-13-10-18(11-14-25)26-15-12-21-19(16-26)20(23-24-21)9-8-17-6-4-3-5-7-17/h3-9,18H,2,10-16H2,1H3,(H,23,24)/b9-8+. The fourth-order valence-electron chi connectivity index (χ4n) is 4.16. The van der Waals surface area contributed by atoms with Gasteiger partial charge in [0.25, 0.3) is 0 Å². The highest BCUT2D eigenvalue weighted by Crippen LogP contribution is 2.27. The van der Waals surface area contributed by atoms with Gasteiger partial charge < -0.3 is 9.64 Å². The Morgan fingerprint density at radius 3 is 2.75 bits per heavy atom. The van der Waals surface area contributed by atoms with E-state index in [4.69, 9.17) is 4.74 Å². The fraction of sp³-hybridized carbons (Fsp3) is 0.455. The molecule has 0 aliphatic carbocycles. The third kappa shape index (κ3) is 4.12. The quantitative estimate of drug-likeness (QED) is 0.881. The maximum absolute atomic E-state index is 11.9. The van der Waals surface area contributed by atoms with Crippen LogP contribution >= 0.6 is 0 Å². The van der Waals surface area contributed by atoms with E-state index in [2.05, 4.69) is 39.4 Å². The van der Waals surface area contributed by atoms with E-state index in [1.54, 1.807) is 0 Å². The molecule has 148 valence electrons. The number of nitrogens with zero attached hydrogens (tertiary/aromatic N) is 3. The molecule has 1 aromatic carbocycles. The summed E-state index contributed by atoms with van der Waals surface area (Å²) in [5.74, 6) is 0. The molecule has 1 amide bonds. The third-order valence-corrected chi connectivity index (χ3v) is 5.74. The van der Waals surface area contributed by atoms with Crippen LogP contribution in [-0.4, -0.2) is 58.4 Å². The number of rotatable bonds is 4. The van der Waals surface area contributed by atoms with E-state index in [1.807, 2.05) is 30.0 Å². The molecule has 0 spiro atoms. The highest BCUT2D eigenvalue weighted by atomic mass is 16.6. The molecule has 2 aromatic rings. The molecule has 0 atom stereocenters. The number of likely N-dealkylation sites (tertiary alicyclic amines) is 1. The second-order valence-electron chi connectivity index (χ2n) is 7.45. The predicted molar refractivity (Wildman–Crippen MR) is 110 cm³/mol. The molecule has 6 nitrogen and oxygen atoms in total. The van der Waals surface area contributed by atoms with Crippen molar-refractivity contribution in [2.45, 2.75) is 38.8 Å². The van der Waals surface area contributed by atoms with E-state index in [9.17, 15) is 4.79 Å². The summed E-state index contributed by atoms with van der Waals surface area (Å²) in [7, 11) is 0. The van der Waals surface area contributed by atoms with Gasteiger partial charge in [-0.25, -0.2) is 4.79 Å². The van der Waals surface area contributed by atoms with Gasteiger partial charge in [-0.1, -0.05) is 36.4 Å². The van der Waals surface area contributed by atoms with Crippen molar-refractivity contribution in [2.75, 3.05) is 26.2 Å². The van der Waals surface area contributed by atoms with Crippen molar-refractivity contribution < 1.29 is 9.53 Å². The summed E-state index contributed by atoms with van der Waals surface area (Å²) < 4.78 is 5.13. The van der Waals surface area contributed by atoms with Crippen LogP contribution in [0.2, 0.25) is 0 Å². The van der Waals surface area contributed by atoms with Crippen molar-refractivity contribution in [1.29, 1.82) is 0 Å². The number of carbonyl (C=O) groups excluding carboxylic acids is 1. The van der Waals surface area contributed by atoms with Crippen LogP contribution in [0.15, 0.2) is 30.3 Å². The first-order valence-corrected chi connectivity index (χ1v) is 10.2. The van der Waals surface area contributed by atoms with Crippen molar-refractivity contribution in [1.82, 2.24) is 20.0 Å². The number of piperidine rings is 1. The summed E-state index contributed by atoms with van der Waals surface area (Å²) in [5.41, 5.74) is 4.78. The van der Waals surface area contributed by atoms with Crippen LogP contribution in [0.5, 0.6) is 0 Å². The van der Waals surface area contributed by atoms with Gasteiger partial charge in [0.1, 0.15) is 0 Å². The lowest BCUT2D eigenvalue weighted by Crippen LogP contribution is -2.48. The van der Waals surface area contributed by atoms with E-state index in [-0.39, 0.29) is 6.09 Å². The molecule has 0 radical (unpaired) electrons. The fourth-order valence-corrected chi connectivity index (χ4v) is 4.16. The number of amides is 1. The first kappa shape index (κ1) is 18.7. The van der Waals surface area contributed by atoms with E-state index < -0.39 is 0 Å². The number of hydrogen-bond acceptors (Lipinski definition) is 4. The molecule has 1 saturated heterocycles. The molecular formula is C22H28N4O2. The van der Waals surface area contributed by atoms with Crippen LogP contribution in [0.1, 0.15) is 42.3 Å². The molecule has 28 heavy (non-hydrogen) atoms. The molecule has 0 bridgehead atoms. The van der Waals surface area contributed by atoms with Crippen molar-refractivity contribution in [3.05, 3.63) is 52.8 Å². The Hall–Kier alpha value is -2.60. The molecule has 0 saturated carbocycles. The number of carbonyl (C=O) groups is 1. The minimum absolute atomic E-state index is 0.176. The Morgan fingerprint density at radius 1 is 1.21 bits per heavy atom. The van der Waals surface area contributed by atoms with Gasteiger partial charge in [0.2, 0.25) is 0 Å². The normalized spacial score (nSPS) is 18.4. The second-order valence-corrected chi connectivity index (χ2v) is 7.45. The molecule has 4 rings (SSSR count). The number of benzene rings is 1. The predicted octanol–water partition coefficient (Wildman–Crippen LogP) is 3.56. The Morgan fingerprint density at radius 2 is 2.00 bits per heavy atom. The lowest BCUT2D eigenvalue weighted by atomic mass is 9.98. The summed E-state index contributed by atoms with van der Waals surface area (Å²) in [6.45, 7) is 5.81. The first-order valence-electron chi connectivity index (χ1n) is 10.2. The van der Waals surface area contributed by atoms with Crippen molar-refractivity contribution in [3.63, 3.8) is 0 Å². The topological polar surface area (TPSA) is 61.5 Å². The molecule has 1 aromatic heterocycles. The first-order chi connectivity index (χ1) is 13.7. The summed E-state index contributed by atoms with van der Waals surface area (Å²) in [4.78, 5) is 16.3. The lowest BCUT2D eigenvalue weighted by Gasteiger charge is -2.39. The van der Waals surface area contributed by atoms with Crippen molar-refractivity contribution >= 4 is 18.2 Å². The Labute approximate surface area is 166 Å². The number of ether oxygens (including phenoxy) is 1. The molecule has 6 heteroatoms. The number of fused-ring (bicyclic) bond motifs is 1. The minimum Gasteiger partial charge on any atom is -0.450 e. The Balaban J connectivity index is 1.39. The second kappa shape index (κ2) is 8.61. The Bertz CT molecular complexity index is 822. The minimum atomic E-state index is -0.176. The highest BCUT2D eigenvalue weighted by Gasteiger charge is 2.30. The summed E-state index contributed by atoms with van der Waals surface area (Å²) >= 11 is 0. The third-order valence-electron chi connectivity index (χ3n) is 5.74. The van der Waals surface area contributed by atoms with Gasteiger partial charge in [-0.15, -0.1) is 0 Å². The van der Waals surface area contributed by atoms with Gasteiger partial charge in [-0.3, -0.25) is 10.00 Å². The molecule has 0 unspecified atom stereocenters. The van der Waals surface area contributed by atoms with Crippen LogP contribution in [0.25, 0.3) is 12.2 Å². The average molecular weight is 380 g/mol. The van der Waals surface area contributed by atoms with Crippen LogP contribution in [0.3, 0.4) is 0 Å². The van der Waals surface area contributed by atoms with Crippen LogP contribution in [0, 0.1) is 0 Å². The maximum Gasteiger partial charge on any atom is 0.409 e. The average Bonchev–Trinajstić information content (AvgIpc) is 3.15. The monoisotopic (exact) mass is 380 g/mol. The molecule has 3 heterocycles. The maximum atomic E-state index is 11.9. The van der Waals surface area contributed by atoms with Crippen LogP contribution in [0.4, 0.5) is 4.79 Å². The zero-order valence-corrected chi connectivity index (χ0v) is 16.4. The summed E-state index contributed by atoms with van der Waals surface area (Å²) in [6.07, 6.45) is 7.05. The van der Waals surface area contributed by atoms with Crippen molar-refractivity contribution in [2.24, 2.45) is 0 Å². The van der Waals surface area contributed by atoms with E-state index >= 15 is 0 Å². The number of aromatic nitrogens is 2. The van der Waals surface area contributed by atoms with Gasteiger partial charge in [0, 0.05) is 49.9 Å². The van der Waals surface area contributed by atoms with Gasteiger partial charge in [-0.2, -0.15) is 5.10 Å². The number of nitrogens with one attached hydrogen (secondary N) is 1. The van der Waals surface area contributed by atoms with Gasteiger partial charge in [0.15, 0.2) is 0 Å². The molecular weight excluding hydrogens is 352 g/mol. The lowest BCUT2D eigenvalue weighted by molar-refractivity contribution is 0.0705. The number of H-pyrrole nitrogens is 1. The molecule has 2 aliphatic heterocycles. The van der Waals surface area contributed by atoms with E-state index in [0.29, 0.717) is 12.6 Å². The largest absolute Gasteiger partial charge is 0.450 e. The van der Waals surface area contributed by atoms with Gasteiger partial charge in [-0.05, 0) is 31.4 Å². The molecule has 1 fully saturated rings. The molecule has 2 aliphatic rings. The smallest absolute Gasteiger partial charge is 0.409 e. The zero-order chi connectivity index (χ0) is 19.3. The van der Waals surface area contributed by atoms with Crippen LogP contribution < -0.4 is 0 Å². The SMILES string of the molecule is CCOC(=O)N1CCC(N2CCc3[nH]nc(/C=C/c4ccccc4)c3C2)CC1. The van der Waals surface area contributed by atoms with E-state index in [1.165, 1.54) is 16.8 Å². The Kier molecular flexibility index (Phi) is 5.76. The molecule has 1 N–H and O–H groups in total. The highest BCUT2D eigenvalue weighted by molar-refractivity contribution is 5.69. The number of aromatic amines is 1. The summed E-state index contributed by atoms with van der Waals surface area (Å²) in [5, 5.41) is 7.76. The van der Waals surface area contributed by atoms with Crippen LogP contribution in [-0.2, 0) is 17.7 Å².